The standard InChI is InChI=1S/C14H6BrF3N2O/c15-9-2-1-7(6-19)12(5-9)20-14(21)8-3-10(16)13(18)11(17)4-8/h1-5H,(H,20,21). The number of carbonyl (C=O) groups is 1. The smallest absolute Gasteiger partial charge is 0.255 e. The SMILES string of the molecule is N#Cc1ccc(Br)cc1NC(=O)c1cc(F)c(F)c(F)c1. The largest absolute Gasteiger partial charge is 0.321 e. The zero-order valence-corrected chi connectivity index (χ0v) is 11.8. The van der Waals surface area contributed by atoms with Crippen LogP contribution in [0.2, 0.25) is 0 Å². The summed E-state index contributed by atoms with van der Waals surface area (Å²) >= 11 is 3.17. The number of nitrogens with zero attached hydrogens (tertiary/aromatic N) is 1. The number of rotatable bonds is 2. The van der Waals surface area contributed by atoms with Gasteiger partial charge in [0.15, 0.2) is 17.5 Å². The van der Waals surface area contributed by atoms with Crippen LogP contribution in [0.4, 0.5) is 18.9 Å². The van der Waals surface area contributed by atoms with Gasteiger partial charge in [-0.1, -0.05) is 15.9 Å². The summed E-state index contributed by atoms with van der Waals surface area (Å²) in [5, 5.41) is 11.3. The topological polar surface area (TPSA) is 52.9 Å². The van der Waals surface area contributed by atoms with Gasteiger partial charge in [0.2, 0.25) is 0 Å². The Morgan fingerprint density at radius 3 is 2.33 bits per heavy atom. The van der Waals surface area contributed by atoms with Gasteiger partial charge in [-0.25, -0.2) is 13.2 Å². The summed E-state index contributed by atoms with van der Waals surface area (Å²) in [6, 6.07) is 7.56. The van der Waals surface area contributed by atoms with Gasteiger partial charge in [0.25, 0.3) is 5.91 Å². The fourth-order valence-electron chi connectivity index (χ4n) is 1.60. The maximum Gasteiger partial charge on any atom is 0.255 e. The van der Waals surface area contributed by atoms with Gasteiger partial charge in [0, 0.05) is 10.0 Å². The lowest BCUT2D eigenvalue weighted by atomic mass is 10.1. The van der Waals surface area contributed by atoms with E-state index in [2.05, 4.69) is 21.2 Å². The lowest BCUT2D eigenvalue weighted by Gasteiger charge is -2.08. The highest BCUT2D eigenvalue weighted by Crippen LogP contribution is 2.22. The molecule has 0 atom stereocenters. The first-order chi connectivity index (χ1) is 9.92. The minimum atomic E-state index is -1.65. The summed E-state index contributed by atoms with van der Waals surface area (Å²) in [4.78, 5) is 11.9. The second-order valence-electron chi connectivity index (χ2n) is 4.01. The van der Waals surface area contributed by atoms with E-state index >= 15 is 0 Å². The highest BCUT2D eigenvalue weighted by Gasteiger charge is 2.16. The van der Waals surface area contributed by atoms with Gasteiger partial charge >= 0.3 is 0 Å². The maximum absolute atomic E-state index is 13.1. The number of hydrogen-bond acceptors (Lipinski definition) is 2. The molecule has 0 fully saturated rings. The zero-order chi connectivity index (χ0) is 15.6. The predicted molar refractivity (Wildman–Crippen MR) is 73.1 cm³/mol. The molecule has 106 valence electrons. The van der Waals surface area contributed by atoms with Crippen LogP contribution in [0.25, 0.3) is 0 Å². The third-order valence-electron chi connectivity index (χ3n) is 2.60. The maximum atomic E-state index is 13.1. The summed E-state index contributed by atoms with van der Waals surface area (Å²) in [7, 11) is 0. The van der Waals surface area contributed by atoms with Gasteiger partial charge in [-0.2, -0.15) is 5.26 Å². The molecule has 2 rings (SSSR count). The molecule has 1 N–H and O–H groups in total. The lowest BCUT2D eigenvalue weighted by molar-refractivity contribution is 0.102. The lowest BCUT2D eigenvalue weighted by Crippen LogP contribution is -2.14. The first kappa shape index (κ1) is 15.1. The first-order valence-electron chi connectivity index (χ1n) is 5.58. The van der Waals surface area contributed by atoms with Crippen LogP contribution >= 0.6 is 15.9 Å². The second kappa shape index (κ2) is 5.97. The minimum absolute atomic E-state index is 0.169. The van der Waals surface area contributed by atoms with Crippen molar-refractivity contribution in [3.05, 3.63) is 63.4 Å². The van der Waals surface area contributed by atoms with Crippen LogP contribution in [-0.4, -0.2) is 5.91 Å². The Bertz CT molecular complexity index is 748. The van der Waals surface area contributed by atoms with E-state index in [1.807, 2.05) is 6.07 Å². The van der Waals surface area contributed by atoms with Gasteiger partial charge in [-0.05, 0) is 30.3 Å². The molecule has 0 radical (unpaired) electrons. The molecule has 1 amide bonds. The van der Waals surface area contributed by atoms with Crippen LogP contribution in [0.15, 0.2) is 34.8 Å². The summed E-state index contributed by atoms with van der Waals surface area (Å²) in [6.07, 6.45) is 0. The molecule has 7 heteroatoms. The fraction of sp³-hybridized carbons (Fsp3) is 0. The molecule has 0 saturated heterocycles. The first-order valence-corrected chi connectivity index (χ1v) is 6.37. The minimum Gasteiger partial charge on any atom is -0.321 e. The van der Waals surface area contributed by atoms with Crippen molar-refractivity contribution >= 4 is 27.5 Å². The van der Waals surface area contributed by atoms with Crippen LogP contribution in [-0.2, 0) is 0 Å². The van der Waals surface area contributed by atoms with E-state index in [-0.39, 0.29) is 11.3 Å². The third kappa shape index (κ3) is 3.23. The van der Waals surface area contributed by atoms with Crippen molar-refractivity contribution in [2.75, 3.05) is 5.32 Å². The van der Waals surface area contributed by atoms with E-state index in [4.69, 9.17) is 5.26 Å². The summed E-state index contributed by atoms with van der Waals surface area (Å²) in [5.41, 5.74) is -0.0492. The normalized spacial score (nSPS) is 10.0. The van der Waals surface area contributed by atoms with E-state index in [9.17, 15) is 18.0 Å². The molecule has 0 heterocycles. The predicted octanol–water partition coefficient (Wildman–Crippen LogP) is 3.99. The number of nitrogens with one attached hydrogen (secondary N) is 1. The molecule has 2 aromatic rings. The monoisotopic (exact) mass is 354 g/mol. The van der Waals surface area contributed by atoms with E-state index in [1.54, 1.807) is 6.07 Å². The Kier molecular flexibility index (Phi) is 4.29. The van der Waals surface area contributed by atoms with Gasteiger partial charge in [0.05, 0.1) is 11.3 Å². The van der Waals surface area contributed by atoms with Gasteiger partial charge in [-0.15, -0.1) is 0 Å². The highest BCUT2D eigenvalue weighted by molar-refractivity contribution is 9.10. The van der Waals surface area contributed by atoms with E-state index in [0.717, 1.165) is 0 Å². The molecule has 2 aromatic carbocycles. The number of benzene rings is 2. The Labute approximate surface area is 126 Å². The van der Waals surface area contributed by atoms with Crippen molar-refractivity contribution in [3.8, 4) is 6.07 Å². The van der Waals surface area contributed by atoms with Crippen LogP contribution in [0.1, 0.15) is 15.9 Å². The molecule has 0 aliphatic heterocycles. The number of halogens is 4. The Balaban J connectivity index is 2.35. The summed E-state index contributed by atoms with van der Waals surface area (Å²) in [5.74, 6) is -5.43. The van der Waals surface area contributed by atoms with Crippen molar-refractivity contribution < 1.29 is 18.0 Å². The number of hydrogen-bond donors (Lipinski definition) is 1. The molecular formula is C14H6BrF3N2O. The molecule has 0 bridgehead atoms. The Morgan fingerprint density at radius 1 is 1.14 bits per heavy atom. The average molecular weight is 355 g/mol. The zero-order valence-electron chi connectivity index (χ0n) is 10.3. The van der Waals surface area contributed by atoms with Crippen LogP contribution in [0.3, 0.4) is 0 Å². The van der Waals surface area contributed by atoms with Crippen molar-refractivity contribution in [1.29, 1.82) is 5.26 Å². The number of anilines is 1. The molecule has 21 heavy (non-hydrogen) atoms. The van der Waals surface area contributed by atoms with Gasteiger partial charge in [-0.3, -0.25) is 4.79 Å². The molecule has 0 aromatic heterocycles. The van der Waals surface area contributed by atoms with Gasteiger partial charge < -0.3 is 5.32 Å². The summed E-state index contributed by atoms with van der Waals surface area (Å²) < 4.78 is 39.6. The number of amides is 1. The molecule has 0 spiro atoms. The van der Waals surface area contributed by atoms with Crippen molar-refractivity contribution in [2.45, 2.75) is 0 Å². The fourth-order valence-corrected chi connectivity index (χ4v) is 1.96. The third-order valence-corrected chi connectivity index (χ3v) is 3.09. The molecular weight excluding hydrogens is 349 g/mol. The molecule has 3 nitrogen and oxygen atoms in total. The highest BCUT2D eigenvalue weighted by atomic mass is 79.9. The van der Waals surface area contributed by atoms with Crippen molar-refractivity contribution in [3.63, 3.8) is 0 Å². The van der Waals surface area contributed by atoms with Crippen LogP contribution < -0.4 is 5.32 Å². The van der Waals surface area contributed by atoms with Gasteiger partial charge in [0.1, 0.15) is 6.07 Å². The van der Waals surface area contributed by atoms with Crippen LogP contribution in [0, 0.1) is 28.8 Å². The van der Waals surface area contributed by atoms with Crippen molar-refractivity contribution in [1.82, 2.24) is 0 Å². The molecule has 0 aliphatic carbocycles. The summed E-state index contributed by atoms with van der Waals surface area (Å²) in [6.45, 7) is 0. The van der Waals surface area contributed by atoms with E-state index in [0.29, 0.717) is 16.6 Å². The quantitative estimate of drug-likeness (QED) is 0.829. The Morgan fingerprint density at radius 2 is 1.76 bits per heavy atom. The van der Waals surface area contributed by atoms with E-state index in [1.165, 1.54) is 12.1 Å². The molecule has 0 saturated carbocycles. The molecule has 0 aliphatic rings. The molecule has 0 unspecified atom stereocenters. The van der Waals surface area contributed by atoms with Crippen molar-refractivity contribution in [2.24, 2.45) is 0 Å². The Hall–Kier alpha value is -2.33. The number of carbonyl (C=O) groups excluding carboxylic acids is 1. The van der Waals surface area contributed by atoms with Crippen LogP contribution in [0.5, 0.6) is 0 Å². The second-order valence-corrected chi connectivity index (χ2v) is 4.93. The average Bonchev–Trinajstić information content (AvgIpc) is 2.44. The number of nitriles is 1. The van der Waals surface area contributed by atoms with E-state index < -0.39 is 28.9 Å².